The molecule has 0 bridgehead atoms. The summed E-state index contributed by atoms with van der Waals surface area (Å²) in [6, 6.07) is 23.5. The zero-order valence-corrected chi connectivity index (χ0v) is 17.4. The number of fused-ring (bicyclic) bond motifs is 6. The van der Waals surface area contributed by atoms with Crippen LogP contribution in [0.3, 0.4) is 0 Å². The van der Waals surface area contributed by atoms with Gasteiger partial charge in [0, 0.05) is 22.7 Å². The van der Waals surface area contributed by atoms with Gasteiger partial charge >= 0.3 is 0 Å². The summed E-state index contributed by atoms with van der Waals surface area (Å²) in [6.45, 7) is -0.209. The molecule has 3 aromatic carbocycles. The molecule has 0 aliphatic carbocycles. The Kier molecular flexibility index (Phi) is 4.23. The lowest BCUT2D eigenvalue weighted by Crippen LogP contribution is -2.50. The fraction of sp³-hybridized carbons (Fsp3) is 0.0769. The van der Waals surface area contributed by atoms with E-state index < -0.39 is 6.17 Å². The van der Waals surface area contributed by atoms with Gasteiger partial charge in [0.25, 0.3) is 11.8 Å². The van der Waals surface area contributed by atoms with Crippen molar-refractivity contribution in [1.29, 1.82) is 0 Å². The van der Waals surface area contributed by atoms with Crippen molar-refractivity contribution in [3.05, 3.63) is 102 Å². The second-order valence-corrected chi connectivity index (χ2v) is 8.02. The van der Waals surface area contributed by atoms with Crippen LogP contribution in [-0.2, 0) is 4.79 Å². The number of anilines is 2. The van der Waals surface area contributed by atoms with Crippen molar-refractivity contribution in [2.24, 2.45) is 0 Å². The third-order valence-electron chi connectivity index (χ3n) is 6.10. The van der Waals surface area contributed by atoms with E-state index in [1.807, 2.05) is 36.4 Å². The number of para-hydroxylation sites is 2. The molecule has 4 aromatic rings. The van der Waals surface area contributed by atoms with Crippen molar-refractivity contribution in [3.63, 3.8) is 0 Å². The summed E-state index contributed by atoms with van der Waals surface area (Å²) in [5, 5.41) is 3.80. The average molecular weight is 434 g/mol. The molecule has 1 aromatic heterocycles. The molecule has 3 amide bonds. The molecule has 0 saturated carbocycles. The van der Waals surface area contributed by atoms with Crippen LogP contribution in [0.25, 0.3) is 10.9 Å². The number of rotatable bonds is 3. The highest BCUT2D eigenvalue weighted by Crippen LogP contribution is 2.45. The Balaban J connectivity index is 1.38. The number of nitrogens with zero attached hydrogens (tertiary/aromatic N) is 3. The Labute approximate surface area is 189 Å². The van der Waals surface area contributed by atoms with Crippen LogP contribution >= 0.6 is 0 Å². The maximum absolute atomic E-state index is 13.5. The number of aromatic nitrogens is 1. The molecule has 33 heavy (non-hydrogen) atoms. The van der Waals surface area contributed by atoms with E-state index in [0.717, 1.165) is 5.39 Å². The first kappa shape index (κ1) is 19.2. The molecule has 6 rings (SSSR count). The first-order valence-corrected chi connectivity index (χ1v) is 10.6. The van der Waals surface area contributed by atoms with Crippen molar-refractivity contribution in [2.45, 2.75) is 6.17 Å². The molecule has 1 N–H and O–H groups in total. The van der Waals surface area contributed by atoms with Gasteiger partial charge in [0.1, 0.15) is 12.7 Å². The number of nitrogens with one attached hydrogen (secondary N) is 1. The molecule has 0 unspecified atom stereocenters. The molecule has 0 radical (unpaired) electrons. The van der Waals surface area contributed by atoms with Gasteiger partial charge < -0.3 is 10.2 Å². The minimum Gasteiger partial charge on any atom is -0.323 e. The fourth-order valence-corrected chi connectivity index (χ4v) is 4.68. The molecule has 0 fully saturated rings. The highest BCUT2D eigenvalue weighted by atomic mass is 16.2. The van der Waals surface area contributed by atoms with Gasteiger partial charge in [-0.25, -0.2) is 0 Å². The summed E-state index contributed by atoms with van der Waals surface area (Å²) in [5.41, 5.74) is 3.45. The predicted octanol–water partition coefficient (Wildman–Crippen LogP) is 3.99. The number of benzene rings is 3. The second kappa shape index (κ2) is 7.27. The van der Waals surface area contributed by atoms with Crippen LogP contribution in [0, 0.1) is 0 Å². The van der Waals surface area contributed by atoms with Gasteiger partial charge in [0.2, 0.25) is 5.91 Å². The van der Waals surface area contributed by atoms with E-state index in [4.69, 9.17) is 0 Å². The SMILES string of the molecule is O=C(CN1C(=O)c2ccccc2N2C(=O)c3ccccc3[C@H]12)Nc1cccc2cccnc12. The Hall–Kier alpha value is -4.52. The van der Waals surface area contributed by atoms with Crippen LogP contribution in [0.15, 0.2) is 85.1 Å². The first-order valence-electron chi connectivity index (χ1n) is 10.6. The number of hydrogen-bond acceptors (Lipinski definition) is 4. The Morgan fingerprint density at radius 1 is 0.848 bits per heavy atom. The number of pyridine rings is 1. The molecule has 1 atom stereocenters. The quantitative estimate of drug-likeness (QED) is 0.529. The maximum atomic E-state index is 13.5. The number of carbonyl (C=O) groups is 3. The van der Waals surface area contributed by atoms with Crippen LogP contribution in [0.2, 0.25) is 0 Å². The van der Waals surface area contributed by atoms with Gasteiger partial charge in [-0.15, -0.1) is 0 Å². The van der Waals surface area contributed by atoms with Gasteiger partial charge in [-0.05, 0) is 30.3 Å². The largest absolute Gasteiger partial charge is 0.323 e. The van der Waals surface area contributed by atoms with E-state index in [2.05, 4.69) is 10.3 Å². The number of hydrogen-bond donors (Lipinski definition) is 1. The predicted molar refractivity (Wildman–Crippen MR) is 124 cm³/mol. The molecule has 160 valence electrons. The van der Waals surface area contributed by atoms with Crippen LogP contribution in [0.1, 0.15) is 32.4 Å². The Morgan fingerprint density at radius 2 is 1.61 bits per heavy atom. The van der Waals surface area contributed by atoms with Crippen molar-refractivity contribution in [3.8, 4) is 0 Å². The van der Waals surface area contributed by atoms with E-state index in [9.17, 15) is 14.4 Å². The Bertz CT molecular complexity index is 1460. The molecule has 0 saturated heterocycles. The molecular weight excluding hydrogens is 416 g/mol. The first-order chi connectivity index (χ1) is 16.1. The van der Waals surface area contributed by atoms with Gasteiger partial charge in [-0.3, -0.25) is 24.3 Å². The summed E-state index contributed by atoms with van der Waals surface area (Å²) < 4.78 is 0. The summed E-state index contributed by atoms with van der Waals surface area (Å²) in [7, 11) is 0. The highest BCUT2D eigenvalue weighted by Gasteiger charge is 2.48. The molecule has 2 aliphatic heterocycles. The van der Waals surface area contributed by atoms with E-state index in [1.165, 1.54) is 4.90 Å². The minimum absolute atomic E-state index is 0.181. The molecule has 7 nitrogen and oxygen atoms in total. The fourth-order valence-electron chi connectivity index (χ4n) is 4.68. The average Bonchev–Trinajstić information content (AvgIpc) is 3.15. The van der Waals surface area contributed by atoms with E-state index in [1.54, 1.807) is 53.6 Å². The van der Waals surface area contributed by atoms with Crippen LogP contribution in [0.5, 0.6) is 0 Å². The molecule has 0 spiro atoms. The molecule has 3 heterocycles. The normalized spacial score (nSPS) is 16.4. The molecule has 2 aliphatic rings. The number of amides is 3. The third-order valence-corrected chi connectivity index (χ3v) is 6.10. The van der Waals surface area contributed by atoms with E-state index >= 15 is 0 Å². The minimum atomic E-state index is -0.674. The lowest BCUT2D eigenvalue weighted by atomic mass is 10.0. The Morgan fingerprint density at radius 3 is 2.48 bits per heavy atom. The standard InChI is InChI=1S/C26H18N4O3/c31-22(28-20-12-5-7-16-8-6-14-27-23(16)20)15-29-24-17-9-1-2-10-18(17)26(33)30(24)21-13-4-3-11-19(21)25(29)32/h1-14,24H,15H2,(H,28,31)/t24-/m1/s1. The van der Waals surface area contributed by atoms with Crippen LogP contribution < -0.4 is 10.2 Å². The number of carbonyl (C=O) groups excluding carboxylic acids is 3. The van der Waals surface area contributed by atoms with Crippen LogP contribution in [0.4, 0.5) is 11.4 Å². The maximum Gasteiger partial charge on any atom is 0.260 e. The smallest absolute Gasteiger partial charge is 0.260 e. The molecule has 7 heteroatoms. The third kappa shape index (κ3) is 2.90. The van der Waals surface area contributed by atoms with Crippen molar-refractivity contribution in [2.75, 3.05) is 16.8 Å². The van der Waals surface area contributed by atoms with Crippen molar-refractivity contribution < 1.29 is 14.4 Å². The molecular formula is C26H18N4O3. The van der Waals surface area contributed by atoms with Crippen molar-refractivity contribution >= 4 is 40.0 Å². The van der Waals surface area contributed by atoms with Gasteiger partial charge in [0.15, 0.2) is 0 Å². The summed E-state index contributed by atoms with van der Waals surface area (Å²) in [4.78, 5) is 47.3. The van der Waals surface area contributed by atoms with Crippen molar-refractivity contribution in [1.82, 2.24) is 9.88 Å². The summed E-state index contributed by atoms with van der Waals surface area (Å²) in [5.74, 6) is -0.834. The lowest BCUT2D eigenvalue weighted by molar-refractivity contribution is -0.117. The topological polar surface area (TPSA) is 82.6 Å². The van der Waals surface area contributed by atoms with Gasteiger partial charge in [-0.1, -0.05) is 48.5 Å². The van der Waals surface area contributed by atoms with E-state index in [0.29, 0.717) is 33.6 Å². The zero-order chi connectivity index (χ0) is 22.5. The lowest BCUT2D eigenvalue weighted by Gasteiger charge is -2.40. The van der Waals surface area contributed by atoms with E-state index in [-0.39, 0.29) is 24.3 Å². The zero-order valence-electron chi connectivity index (χ0n) is 17.4. The van der Waals surface area contributed by atoms with Gasteiger partial charge in [0.05, 0.1) is 22.5 Å². The van der Waals surface area contributed by atoms with Gasteiger partial charge in [-0.2, -0.15) is 0 Å². The monoisotopic (exact) mass is 434 g/mol. The summed E-state index contributed by atoms with van der Waals surface area (Å²) in [6.07, 6.45) is 0.995. The second-order valence-electron chi connectivity index (χ2n) is 8.02. The van der Waals surface area contributed by atoms with Crippen LogP contribution in [-0.4, -0.2) is 34.2 Å². The highest BCUT2D eigenvalue weighted by molar-refractivity contribution is 6.17. The summed E-state index contributed by atoms with van der Waals surface area (Å²) >= 11 is 0.